The molecule has 0 spiro atoms. The maximum Gasteiger partial charge on any atom is 0.357 e. The minimum absolute atomic E-state index is 0.0791. The fourth-order valence-electron chi connectivity index (χ4n) is 1.77. The third-order valence-electron chi connectivity index (χ3n) is 2.76. The SMILES string of the molecule is O=C(COC(=O)c1ccccn1)NC[C@@H]1CCCO1. The van der Waals surface area contributed by atoms with E-state index >= 15 is 0 Å². The molecule has 0 aromatic carbocycles. The van der Waals surface area contributed by atoms with Crippen molar-refractivity contribution in [3.63, 3.8) is 0 Å². The molecule has 1 amide bonds. The molecule has 0 aliphatic carbocycles. The van der Waals surface area contributed by atoms with Gasteiger partial charge >= 0.3 is 5.97 Å². The molecule has 1 N–H and O–H groups in total. The molecule has 6 nitrogen and oxygen atoms in total. The minimum Gasteiger partial charge on any atom is -0.451 e. The summed E-state index contributed by atoms with van der Waals surface area (Å²) in [5.74, 6) is -0.937. The molecule has 1 aliphatic rings. The Hall–Kier alpha value is -1.95. The van der Waals surface area contributed by atoms with Crippen molar-refractivity contribution in [1.29, 1.82) is 0 Å². The standard InChI is InChI=1S/C13H16N2O4/c16-12(15-8-10-4-3-7-18-10)9-19-13(17)11-5-1-2-6-14-11/h1-2,5-6,10H,3-4,7-9H2,(H,15,16)/t10-/m0/s1. The Kier molecular flexibility index (Phi) is 4.85. The molecule has 1 aromatic rings. The van der Waals surface area contributed by atoms with Crippen molar-refractivity contribution in [2.24, 2.45) is 0 Å². The smallest absolute Gasteiger partial charge is 0.357 e. The number of hydrogen-bond acceptors (Lipinski definition) is 5. The number of carbonyl (C=O) groups is 2. The van der Waals surface area contributed by atoms with Crippen LogP contribution in [0.25, 0.3) is 0 Å². The van der Waals surface area contributed by atoms with Gasteiger partial charge in [0.25, 0.3) is 5.91 Å². The third kappa shape index (κ3) is 4.33. The lowest BCUT2D eigenvalue weighted by molar-refractivity contribution is -0.124. The predicted octanol–water partition coefficient (Wildman–Crippen LogP) is 0.534. The fraction of sp³-hybridized carbons (Fsp3) is 0.462. The number of pyridine rings is 1. The largest absolute Gasteiger partial charge is 0.451 e. The van der Waals surface area contributed by atoms with Gasteiger partial charge in [-0.2, -0.15) is 0 Å². The normalized spacial score (nSPS) is 18.0. The van der Waals surface area contributed by atoms with Crippen LogP contribution >= 0.6 is 0 Å². The van der Waals surface area contributed by atoms with Gasteiger partial charge in [-0.3, -0.25) is 4.79 Å². The van der Waals surface area contributed by atoms with Crippen LogP contribution in [0.5, 0.6) is 0 Å². The van der Waals surface area contributed by atoms with Crippen LogP contribution in [-0.2, 0) is 14.3 Å². The fourth-order valence-corrected chi connectivity index (χ4v) is 1.77. The number of rotatable bonds is 5. The van der Waals surface area contributed by atoms with E-state index in [0.717, 1.165) is 19.4 Å². The molecule has 0 bridgehead atoms. The highest BCUT2D eigenvalue weighted by Gasteiger charge is 2.17. The van der Waals surface area contributed by atoms with Gasteiger partial charge < -0.3 is 14.8 Å². The molecule has 0 radical (unpaired) electrons. The van der Waals surface area contributed by atoms with Gasteiger partial charge in [0, 0.05) is 19.3 Å². The van der Waals surface area contributed by atoms with E-state index in [9.17, 15) is 9.59 Å². The molecule has 1 fully saturated rings. The van der Waals surface area contributed by atoms with Crippen molar-refractivity contribution in [2.75, 3.05) is 19.8 Å². The summed E-state index contributed by atoms with van der Waals surface area (Å²) < 4.78 is 10.2. The van der Waals surface area contributed by atoms with Crippen LogP contribution in [0.3, 0.4) is 0 Å². The highest BCUT2D eigenvalue weighted by atomic mass is 16.5. The van der Waals surface area contributed by atoms with Gasteiger partial charge in [0.1, 0.15) is 5.69 Å². The molecule has 1 aromatic heterocycles. The minimum atomic E-state index is -0.604. The van der Waals surface area contributed by atoms with Crippen molar-refractivity contribution < 1.29 is 19.1 Å². The Balaban J connectivity index is 1.67. The average molecular weight is 264 g/mol. The first-order chi connectivity index (χ1) is 9.25. The van der Waals surface area contributed by atoms with E-state index in [1.807, 2.05) is 0 Å². The van der Waals surface area contributed by atoms with E-state index < -0.39 is 5.97 Å². The van der Waals surface area contributed by atoms with Gasteiger partial charge in [-0.25, -0.2) is 9.78 Å². The van der Waals surface area contributed by atoms with E-state index in [-0.39, 0.29) is 24.3 Å². The Morgan fingerprint density at radius 3 is 3.05 bits per heavy atom. The van der Waals surface area contributed by atoms with Gasteiger partial charge in [-0.1, -0.05) is 6.07 Å². The predicted molar refractivity (Wildman–Crippen MR) is 66.5 cm³/mol. The molecule has 2 heterocycles. The molecule has 0 unspecified atom stereocenters. The average Bonchev–Trinajstić information content (AvgIpc) is 2.96. The maximum absolute atomic E-state index is 11.5. The highest BCUT2D eigenvalue weighted by molar-refractivity contribution is 5.89. The number of aromatic nitrogens is 1. The zero-order chi connectivity index (χ0) is 13.5. The van der Waals surface area contributed by atoms with E-state index in [4.69, 9.17) is 9.47 Å². The summed E-state index contributed by atoms with van der Waals surface area (Å²) >= 11 is 0. The van der Waals surface area contributed by atoms with Gasteiger partial charge in [0.2, 0.25) is 0 Å². The van der Waals surface area contributed by atoms with Crippen molar-refractivity contribution in [3.05, 3.63) is 30.1 Å². The lowest BCUT2D eigenvalue weighted by Gasteiger charge is -2.10. The first kappa shape index (κ1) is 13.5. The monoisotopic (exact) mass is 264 g/mol. The number of nitrogens with zero attached hydrogens (tertiary/aromatic N) is 1. The second-order valence-corrected chi connectivity index (χ2v) is 4.23. The van der Waals surface area contributed by atoms with Crippen LogP contribution in [0, 0.1) is 0 Å². The van der Waals surface area contributed by atoms with E-state index in [2.05, 4.69) is 10.3 Å². The van der Waals surface area contributed by atoms with Crippen LogP contribution in [-0.4, -0.2) is 42.7 Å². The Bertz CT molecular complexity index is 430. The number of carbonyl (C=O) groups excluding carboxylic acids is 2. The number of esters is 1. The third-order valence-corrected chi connectivity index (χ3v) is 2.76. The van der Waals surface area contributed by atoms with Gasteiger partial charge in [0.05, 0.1) is 6.10 Å². The van der Waals surface area contributed by atoms with Crippen LogP contribution in [0.2, 0.25) is 0 Å². The second kappa shape index (κ2) is 6.84. The lowest BCUT2D eigenvalue weighted by atomic mass is 10.2. The van der Waals surface area contributed by atoms with Crippen molar-refractivity contribution >= 4 is 11.9 Å². The highest BCUT2D eigenvalue weighted by Crippen LogP contribution is 2.10. The number of ether oxygens (including phenoxy) is 2. The van der Waals surface area contributed by atoms with Crippen molar-refractivity contribution in [3.8, 4) is 0 Å². The molecule has 1 atom stereocenters. The van der Waals surface area contributed by atoms with E-state index in [0.29, 0.717) is 6.54 Å². The first-order valence-electron chi connectivity index (χ1n) is 6.22. The molecule has 2 rings (SSSR count). The summed E-state index contributed by atoms with van der Waals surface area (Å²) in [6, 6.07) is 4.92. The summed E-state index contributed by atoms with van der Waals surface area (Å²) in [7, 11) is 0. The lowest BCUT2D eigenvalue weighted by Crippen LogP contribution is -2.34. The van der Waals surface area contributed by atoms with Crippen molar-refractivity contribution in [1.82, 2.24) is 10.3 Å². The Morgan fingerprint density at radius 1 is 1.47 bits per heavy atom. The molecular formula is C13H16N2O4. The molecule has 0 saturated carbocycles. The first-order valence-corrected chi connectivity index (χ1v) is 6.22. The summed E-state index contributed by atoms with van der Waals surface area (Å²) in [5.41, 5.74) is 0.189. The quantitative estimate of drug-likeness (QED) is 0.785. The van der Waals surface area contributed by atoms with Gasteiger partial charge in [0.15, 0.2) is 6.61 Å². The molecule has 102 valence electrons. The van der Waals surface area contributed by atoms with Crippen LogP contribution in [0.1, 0.15) is 23.3 Å². The van der Waals surface area contributed by atoms with Crippen molar-refractivity contribution in [2.45, 2.75) is 18.9 Å². The van der Waals surface area contributed by atoms with Gasteiger partial charge in [-0.05, 0) is 25.0 Å². The zero-order valence-electron chi connectivity index (χ0n) is 10.5. The van der Waals surface area contributed by atoms with Crippen LogP contribution < -0.4 is 5.32 Å². The summed E-state index contributed by atoms with van der Waals surface area (Å²) in [6.07, 6.45) is 3.55. The van der Waals surface area contributed by atoms with Crippen LogP contribution in [0.4, 0.5) is 0 Å². The Labute approximate surface area is 111 Å². The number of amides is 1. The van der Waals surface area contributed by atoms with Crippen LogP contribution in [0.15, 0.2) is 24.4 Å². The molecule has 1 saturated heterocycles. The second-order valence-electron chi connectivity index (χ2n) is 4.23. The maximum atomic E-state index is 11.5. The molecule has 1 aliphatic heterocycles. The summed E-state index contributed by atoms with van der Waals surface area (Å²) in [5, 5.41) is 2.67. The number of hydrogen-bond donors (Lipinski definition) is 1. The molecule has 6 heteroatoms. The van der Waals surface area contributed by atoms with E-state index in [1.54, 1.807) is 12.1 Å². The zero-order valence-corrected chi connectivity index (χ0v) is 10.5. The Morgan fingerprint density at radius 2 is 2.37 bits per heavy atom. The van der Waals surface area contributed by atoms with E-state index in [1.165, 1.54) is 12.3 Å². The molecular weight excluding hydrogens is 248 g/mol. The topological polar surface area (TPSA) is 77.5 Å². The number of nitrogens with one attached hydrogen (secondary N) is 1. The summed E-state index contributed by atoms with van der Waals surface area (Å²) in [4.78, 5) is 26.8. The summed E-state index contributed by atoms with van der Waals surface area (Å²) in [6.45, 7) is 0.900. The van der Waals surface area contributed by atoms with Gasteiger partial charge in [-0.15, -0.1) is 0 Å². The molecule has 19 heavy (non-hydrogen) atoms.